The van der Waals surface area contributed by atoms with E-state index in [0.717, 1.165) is 5.56 Å². The van der Waals surface area contributed by atoms with Gasteiger partial charge in [0.15, 0.2) is 0 Å². The Morgan fingerprint density at radius 1 is 1.22 bits per heavy atom. The van der Waals surface area contributed by atoms with Crippen LogP contribution in [0.3, 0.4) is 0 Å². The van der Waals surface area contributed by atoms with Crippen molar-refractivity contribution in [2.75, 3.05) is 13.2 Å². The molecule has 18 heavy (non-hydrogen) atoms. The average molecular weight is 268 g/mol. The maximum absolute atomic E-state index is 11.4. The van der Waals surface area contributed by atoms with E-state index in [4.69, 9.17) is 9.47 Å². The molecule has 4 heteroatoms. The van der Waals surface area contributed by atoms with Gasteiger partial charge in [-0.2, -0.15) is 12.6 Å². The molecule has 1 aromatic rings. The predicted octanol–water partition coefficient (Wildman–Crippen LogP) is 2.84. The number of ether oxygens (including phenoxy) is 2. The van der Waals surface area contributed by atoms with E-state index in [-0.39, 0.29) is 17.3 Å². The summed E-state index contributed by atoms with van der Waals surface area (Å²) in [5.41, 5.74) is 1.11. The Hall–Kier alpha value is -1.00. The smallest absolute Gasteiger partial charge is 0.307 e. The molecule has 0 aromatic heterocycles. The summed E-state index contributed by atoms with van der Waals surface area (Å²) in [5, 5.41) is 0. The largest absolute Gasteiger partial charge is 0.463 e. The second kappa shape index (κ2) is 7.44. The Morgan fingerprint density at radius 2 is 1.89 bits per heavy atom. The van der Waals surface area contributed by atoms with Gasteiger partial charge in [-0.05, 0) is 5.56 Å². The number of esters is 1. The second-order valence-corrected chi connectivity index (χ2v) is 5.96. The molecule has 0 atom stereocenters. The topological polar surface area (TPSA) is 35.5 Å². The Labute approximate surface area is 114 Å². The summed E-state index contributed by atoms with van der Waals surface area (Å²) >= 11 is 4.27. The minimum Gasteiger partial charge on any atom is -0.463 e. The maximum atomic E-state index is 11.4. The predicted molar refractivity (Wildman–Crippen MR) is 74.7 cm³/mol. The summed E-state index contributed by atoms with van der Waals surface area (Å²) < 4.78 is 10.1. The first-order chi connectivity index (χ1) is 8.47. The van der Waals surface area contributed by atoms with Gasteiger partial charge in [0, 0.05) is 4.75 Å². The summed E-state index contributed by atoms with van der Waals surface area (Å²) in [6.45, 7) is 4.99. The van der Waals surface area contributed by atoms with Crippen LogP contribution in [0.25, 0.3) is 0 Å². The number of rotatable bonds is 7. The van der Waals surface area contributed by atoms with Crippen LogP contribution >= 0.6 is 12.6 Å². The fourth-order valence-corrected chi connectivity index (χ4v) is 1.51. The second-order valence-electron chi connectivity index (χ2n) is 4.75. The molecule has 0 spiro atoms. The number of benzene rings is 1. The molecule has 0 radical (unpaired) electrons. The summed E-state index contributed by atoms with van der Waals surface area (Å²) in [6, 6.07) is 9.89. The van der Waals surface area contributed by atoms with Crippen molar-refractivity contribution in [3.8, 4) is 0 Å². The van der Waals surface area contributed by atoms with Gasteiger partial charge in [0.05, 0.1) is 19.6 Å². The molecular formula is C14H20O3S. The molecule has 0 unspecified atom stereocenters. The molecular weight excluding hydrogens is 248 g/mol. The third-order valence-corrected chi connectivity index (χ3v) is 2.34. The van der Waals surface area contributed by atoms with E-state index < -0.39 is 0 Å². The highest BCUT2D eigenvalue weighted by Gasteiger charge is 2.17. The zero-order chi connectivity index (χ0) is 13.4. The zero-order valence-electron chi connectivity index (χ0n) is 10.9. The molecule has 0 N–H and O–H groups in total. The van der Waals surface area contributed by atoms with Crippen molar-refractivity contribution < 1.29 is 14.3 Å². The molecule has 0 aliphatic carbocycles. The Balaban J connectivity index is 2.07. The summed E-state index contributed by atoms with van der Waals surface area (Å²) in [5.74, 6) is -0.238. The molecule has 0 fully saturated rings. The van der Waals surface area contributed by atoms with Crippen LogP contribution < -0.4 is 0 Å². The number of carbonyl (C=O) groups excluding carboxylic acids is 1. The van der Waals surface area contributed by atoms with E-state index in [1.807, 2.05) is 44.2 Å². The first-order valence-electron chi connectivity index (χ1n) is 5.97. The highest BCUT2D eigenvalue weighted by atomic mass is 32.1. The van der Waals surface area contributed by atoms with Crippen LogP contribution in [0.2, 0.25) is 0 Å². The lowest BCUT2D eigenvalue weighted by molar-refractivity contribution is -0.145. The van der Waals surface area contributed by atoms with E-state index in [2.05, 4.69) is 12.6 Å². The summed E-state index contributed by atoms with van der Waals surface area (Å²) in [4.78, 5) is 11.4. The lowest BCUT2D eigenvalue weighted by atomic mass is 10.1. The van der Waals surface area contributed by atoms with Crippen molar-refractivity contribution in [3.63, 3.8) is 0 Å². The van der Waals surface area contributed by atoms with Crippen molar-refractivity contribution in [1.29, 1.82) is 0 Å². The van der Waals surface area contributed by atoms with Crippen molar-refractivity contribution in [2.45, 2.75) is 31.6 Å². The average Bonchev–Trinajstić information content (AvgIpc) is 2.27. The van der Waals surface area contributed by atoms with Crippen molar-refractivity contribution in [1.82, 2.24) is 0 Å². The lowest BCUT2D eigenvalue weighted by Gasteiger charge is -2.15. The van der Waals surface area contributed by atoms with Gasteiger partial charge in [0.1, 0.15) is 6.61 Å². The van der Waals surface area contributed by atoms with Crippen LogP contribution in [0, 0.1) is 0 Å². The highest BCUT2D eigenvalue weighted by molar-refractivity contribution is 7.81. The summed E-state index contributed by atoms with van der Waals surface area (Å²) in [6.07, 6.45) is 0.300. The van der Waals surface area contributed by atoms with Gasteiger partial charge in [-0.15, -0.1) is 0 Å². The fourth-order valence-electron chi connectivity index (χ4n) is 1.38. The normalized spacial score (nSPS) is 11.3. The molecule has 0 amide bonds. The number of carbonyl (C=O) groups is 1. The minimum atomic E-state index is -0.331. The van der Waals surface area contributed by atoms with Crippen molar-refractivity contribution in [2.24, 2.45) is 0 Å². The maximum Gasteiger partial charge on any atom is 0.307 e. The van der Waals surface area contributed by atoms with Crippen molar-refractivity contribution in [3.05, 3.63) is 35.9 Å². The van der Waals surface area contributed by atoms with Crippen LogP contribution in [0.4, 0.5) is 0 Å². The van der Waals surface area contributed by atoms with Gasteiger partial charge in [0.25, 0.3) is 0 Å². The number of thiol groups is 1. The molecule has 0 aliphatic heterocycles. The van der Waals surface area contributed by atoms with Crippen molar-refractivity contribution >= 4 is 18.6 Å². The molecule has 0 aliphatic rings. The van der Waals surface area contributed by atoms with Gasteiger partial charge in [0.2, 0.25) is 0 Å². The zero-order valence-corrected chi connectivity index (χ0v) is 11.8. The highest BCUT2D eigenvalue weighted by Crippen LogP contribution is 2.17. The molecule has 0 heterocycles. The monoisotopic (exact) mass is 268 g/mol. The van der Waals surface area contributed by atoms with Gasteiger partial charge < -0.3 is 9.47 Å². The van der Waals surface area contributed by atoms with E-state index in [1.165, 1.54) is 0 Å². The molecule has 100 valence electrons. The molecule has 0 saturated carbocycles. The first kappa shape index (κ1) is 15.1. The van der Waals surface area contributed by atoms with Gasteiger partial charge in [-0.3, -0.25) is 4.79 Å². The van der Waals surface area contributed by atoms with E-state index in [0.29, 0.717) is 19.6 Å². The fraction of sp³-hybridized carbons (Fsp3) is 0.500. The molecule has 0 bridgehead atoms. The quantitative estimate of drug-likeness (QED) is 0.469. The van der Waals surface area contributed by atoms with E-state index in [1.54, 1.807) is 0 Å². The van der Waals surface area contributed by atoms with Crippen LogP contribution in [-0.2, 0) is 20.9 Å². The van der Waals surface area contributed by atoms with Gasteiger partial charge >= 0.3 is 5.97 Å². The molecule has 3 nitrogen and oxygen atoms in total. The van der Waals surface area contributed by atoms with E-state index in [9.17, 15) is 4.79 Å². The number of hydrogen-bond acceptors (Lipinski definition) is 4. The van der Waals surface area contributed by atoms with Crippen LogP contribution in [-0.4, -0.2) is 23.9 Å². The standard InChI is InChI=1S/C14H20O3S/c1-14(2,18)10-13(15)17-9-8-16-11-12-6-4-3-5-7-12/h3-7,18H,8-11H2,1-2H3. The molecule has 1 aromatic carbocycles. The van der Waals surface area contributed by atoms with Gasteiger partial charge in [-0.1, -0.05) is 44.2 Å². The summed E-state index contributed by atoms with van der Waals surface area (Å²) in [7, 11) is 0. The van der Waals surface area contributed by atoms with Crippen LogP contribution in [0.5, 0.6) is 0 Å². The van der Waals surface area contributed by atoms with E-state index >= 15 is 0 Å². The molecule has 0 saturated heterocycles. The van der Waals surface area contributed by atoms with Crippen LogP contribution in [0.15, 0.2) is 30.3 Å². The lowest BCUT2D eigenvalue weighted by Crippen LogP contribution is -2.20. The third-order valence-electron chi connectivity index (χ3n) is 2.18. The SMILES string of the molecule is CC(C)(S)CC(=O)OCCOCc1ccccc1. The third kappa shape index (κ3) is 7.35. The molecule has 1 rings (SSSR count). The Morgan fingerprint density at radius 3 is 2.50 bits per heavy atom. The van der Waals surface area contributed by atoms with Crippen LogP contribution in [0.1, 0.15) is 25.8 Å². The minimum absolute atomic E-state index is 0.238. The number of hydrogen-bond donors (Lipinski definition) is 1. The van der Waals surface area contributed by atoms with Gasteiger partial charge in [-0.25, -0.2) is 0 Å². The Bertz CT molecular complexity index is 357. The Kier molecular flexibility index (Phi) is 6.22. The first-order valence-corrected chi connectivity index (χ1v) is 6.42.